The molecule has 2 atom stereocenters. The van der Waals surface area contributed by atoms with E-state index in [2.05, 4.69) is 34.1 Å². The van der Waals surface area contributed by atoms with E-state index in [0.29, 0.717) is 95.5 Å². The molecule has 4 aromatic carbocycles. The number of fused-ring (bicyclic) bond motifs is 2. The fourth-order valence-corrected chi connectivity index (χ4v) is 10.7. The maximum atomic E-state index is 13.9. The molecule has 3 saturated heterocycles. The van der Waals surface area contributed by atoms with Gasteiger partial charge in [-0.1, -0.05) is 71.7 Å². The third kappa shape index (κ3) is 11.4. The Balaban J connectivity index is 0.889. The number of carbonyl (C=O) groups excluding carboxylic acids is 3. The standard InChI is InChI=1S/C51H55Cl2F6N5O5/c1-60(18-7-12-45(65)63-24-22-62(23-25-63)40-9-3-2-4-10-40)46(66)33-68-44-30-35-8-5-6-11-41(35)48(44)15-19-61(20-16-48)21-17-49(37-13-14-42(52)43(53)32-37)34-64(26-27-69-49)47(67)36-28-38(50(54,55)56)31-39(29-36)51(57,58)59/h2-6,8-11,13-14,28-29,31-32,44H,7,12,15-27,30,33-34H2,1H3/t44-,49-/m0/s1. The first kappa shape index (κ1) is 50.5. The van der Waals surface area contributed by atoms with E-state index in [-0.39, 0.29) is 65.7 Å². The molecule has 370 valence electrons. The van der Waals surface area contributed by atoms with E-state index >= 15 is 0 Å². The summed E-state index contributed by atoms with van der Waals surface area (Å²) in [6.07, 6.45) is -7.25. The van der Waals surface area contributed by atoms with Crippen LogP contribution < -0.4 is 4.90 Å². The normalized spacial score (nSPS) is 20.8. The number of likely N-dealkylation sites (tertiary alicyclic amines) is 1. The first-order chi connectivity index (χ1) is 32.8. The molecule has 8 rings (SSSR count). The van der Waals surface area contributed by atoms with E-state index < -0.39 is 40.6 Å². The minimum Gasteiger partial charge on any atom is -0.368 e. The number of para-hydroxylation sites is 1. The van der Waals surface area contributed by atoms with Crippen molar-refractivity contribution in [1.29, 1.82) is 0 Å². The van der Waals surface area contributed by atoms with Crippen LogP contribution >= 0.6 is 23.2 Å². The molecule has 0 saturated carbocycles. The van der Waals surface area contributed by atoms with Gasteiger partial charge in [-0.25, -0.2) is 0 Å². The van der Waals surface area contributed by atoms with Crippen LogP contribution in [0.15, 0.2) is 91.0 Å². The highest BCUT2D eigenvalue weighted by atomic mass is 35.5. The maximum absolute atomic E-state index is 13.9. The highest BCUT2D eigenvalue weighted by Crippen LogP contribution is 2.48. The minimum atomic E-state index is -5.12. The van der Waals surface area contributed by atoms with Crippen LogP contribution in [0.5, 0.6) is 0 Å². The van der Waals surface area contributed by atoms with Crippen LogP contribution in [0.25, 0.3) is 0 Å². The smallest absolute Gasteiger partial charge is 0.368 e. The average molecular weight is 1000 g/mol. The van der Waals surface area contributed by atoms with Crippen molar-refractivity contribution in [2.75, 3.05) is 90.6 Å². The Morgan fingerprint density at radius 3 is 2.12 bits per heavy atom. The number of amides is 3. The zero-order valence-electron chi connectivity index (χ0n) is 38.3. The van der Waals surface area contributed by atoms with Crippen molar-refractivity contribution in [3.05, 3.63) is 134 Å². The lowest BCUT2D eigenvalue weighted by molar-refractivity contribution is -0.143. The molecular formula is C51H55Cl2F6N5O5. The Hall–Kier alpha value is -4.87. The number of halogens is 8. The van der Waals surface area contributed by atoms with E-state index in [1.807, 2.05) is 35.2 Å². The number of hydrogen-bond acceptors (Lipinski definition) is 7. The molecule has 0 aromatic heterocycles. The second kappa shape index (κ2) is 20.8. The lowest BCUT2D eigenvalue weighted by atomic mass is 9.72. The highest BCUT2D eigenvalue weighted by molar-refractivity contribution is 6.42. The SMILES string of the molecule is CN(CCCC(=O)N1CCN(c2ccccc2)CC1)C(=O)CO[C@H]1Cc2ccccc2C12CCN(CC[C@@]1(c3ccc(Cl)c(Cl)c3)CN(C(=O)c3cc(C(F)(F)F)cc(C(F)(F)F)c3)CCO1)CC2. The number of rotatable bonds is 13. The molecule has 0 N–H and O–H groups in total. The zero-order chi connectivity index (χ0) is 49.1. The van der Waals surface area contributed by atoms with Gasteiger partial charge in [0.25, 0.3) is 5.91 Å². The van der Waals surface area contributed by atoms with Crippen LogP contribution in [-0.4, -0.2) is 129 Å². The predicted molar refractivity (Wildman–Crippen MR) is 250 cm³/mol. The summed E-state index contributed by atoms with van der Waals surface area (Å²) in [5.74, 6) is -1.07. The van der Waals surface area contributed by atoms with E-state index in [4.69, 9.17) is 32.7 Å². The first-order valence-electron chi connectivity index (χ1n) is 23.3. The Kier molecular flexibility index (Phi) is 15.3. The molecule has 3 amide bonds. The molecule has 3 aliphatic heterocycles. The van der Waals surface area contributed by atoms with E-state index in [1.54, 1.807) is 30.1 Å². The van der Waals surface area contributed by atoms with Gasteiger partial charge in [-0.2, -0.15) is 26.3 Å². The monoisotopic (exact) mass is 1000 g/mol. The molecule has 4 aromatic rings. The Bertz CT molecular complexity index is 2450. The number of benzene rings is 4. The van der Waals surface area contributed by atoms with Crippen molar-refractivity contribution >= 4 is 46.6 Å². The third-order valence-corrected chi connectivity index (χ3v) is 15.1. The summed E-state index contributed by atoms with van der Waals surface area (Å²) >= 11 is 12.8. The molecule has 10 nitrogen and oxygen atoms in total. The Morgan fingerprint density at radius 1 is 0.783 bits per heavy atom. The Labute approximate surface area is 408 Å². The number of anilines is 1. The summed E-state index contributed by atoms with van der Waals surface area (Å²) in [6.45, 7) is 4.63. The molecule has 0 radical (unpaired) electrons. The second-order valence-electron chi connectivity index (χ2n) is 18.5. The maximum Gasteiger partial charge on any atom is 0.416 e. The van der Waals surface area contributed by atoms with Crippen molar-refractivity contribution in [2.45, 2.75) is 68.0 Å². The number of likely N-dealkylation sites (N-methyl/N-ethyl adjacent to an activating group) is 1. The summed E-state index contributed by atoms with van der Waals surface area (Å²) in [6, 6.07) is 24.2. The Morgan fingerprint density at radius 2 is 1.45 bits per heavy atom. The third-order valence-electron chi connectivity index (χ3n) is 14.4. The van der Waals surface area contributed by atoms with Crippen molar-refractivity contribution in [3.8, 4) is 0 Å². The largest absolute Gasteiger partial charge is 0.416 e. The van der Waals surface area contributed by atoms with Gasteiger partial charge in [0.15, 0.2) is 0 Å². The van der Waals surface area contributed by atoms with Crippen LogP contribution in [0.2, 0.25) is 10.0 Å². The fourth-order valence-electron chi connectivity index (χ4n) is 10.4. The van der Waals surface area contributed by atoms with Gasteiger partial charge < -0.3 is 34.0 Å². The number of nitrogens with zero attached hydrogens (tertiary/aromatic N) is 5. The average Bonchev–Trinajstić information content (AvgIpc) is 3.64. The molecule has 4 aliphatic rings. The predicted octanol–water partition coefficient (Wildman–Crippen LogP) is 9.35. The summed E-state index contributed by atoms with van der Waals surface area (Å²) in [4.78, 5) is 49.7. The van der Waals surface area contributed by atoms with E-state index in [0.717, 1.165) is 18.8 Å². The van der Waals surface area contributed by atoms with Crippen LogP contribution in [0.3, 0.4) is 0 Å². The van der Waals surface area contributed by atoms with Crippen LogP contribution in [-0.2, 0) is 48.9 Å². The number of hydrogen-bond donors (Lipinski definition) is 0. The summed E-state index contributed by atoms with van der Waals surface area (Å²) < 4.78 is 95.8. The van der Waals surface area contributed by atoms with Crippen molar-refractivity contribution < 1.29 is 50.2 Å². The molecule has 0 unspecified atom stereocenters. The molecule has 0 bridgehead atoms. The molecule has 3 heterocycles. The molecule has 3 fully saturated rings. The number of piperazine rings is 1. The van der Waals surface area contributed by atoms with E-state index in [9.17, 15) is 40.7 Å². The van der Waals surface area contributed by atoms with Gasteiger partial charge in [-0.05, 0) is 104 Å². The quantitative estimate of drug-likeness (QED) is 0.124. The second-order valence-corrected chi connectivity index (χ2v) is 19.3. The van der Waals surface area contributed by atoms with Gasteiger partial charge in [0.2, 0.25) is 11.8 Å². The van der Waals surface area contributed by atoms with Crippen LogP contribution in [0.1, 0.15) is 70.3 Å². The lowest BCUT2D eigenvalue weighted by Gasteiger charge is -2.46. The summed E-state index contributed by atoms with van der Waals surface area (Å²) in [5, 5.41) is 0.477. The highest BCUT2D eigenvalue weighted by Gasteiger charge is 2.50. The fraction of sp³-hybridized carbons (Fsp3) is 0.471. The molecule has 18 heteroatoms. The van der Waals surface area contributed by atoms with Crippen molar-refractivity contribution in [1.82, 2.24) is 19.6 Å². The lowest BCUT2D eigenvalue weighted by Crippen LogP contribution is -2.54. The van der Waals surface area contributed by atoms with Gasteiger partial charge in [0.1, 0.15) is 12.2 Å². The molecular weight excluding hydrogens is 947 g/mol. The minimum absolute atomic E-state index is 0.000455. The first-order valence-corrected chi connectivity index (χ1v) is 24.0. The molecule has 1 aliphatic carbocycles. The molecule has 69 heavy (non-hydrogen) atoms. The summed E-state index contributed by atoms with van der Waals surface area (Å²) in [5.41, 5.74) is -1.43. The molecule has 1 spiro atoms. The number of morpholine rings is 1. The van der Waals surface area contributed by atoms with E-state index in [1.165, 1.54) is 16.0 Å². The van der Waals surface area contributed by atoms with Crippen molar-refractivity contribution in [2.24, 2.45) is 0 Å². The van der Waals surface area contributed by atoms with Gasteiger partial charge in [-0.15, -0.1) is 0 Å². The van der Waals surface area contributed by atoms with Gasteiger partial charge in [-0.3, -0.25) is 14.4 Å². The van der Waals surface area contributed by atoms with Gasteiger partial charge >= 0.3 is 12.4 Å². The zero-order valence-corrected chi connectivity index (χ0v) is 39.8. The number of alkyl halides is 6. The van der Waals surface area contributed by atoms with Crippen molar-refractivity contribution in [3.63, 3.8) is 0 Å². The number of piperidine rings is 1. The number of ether oxygens (including phenoxy) is 2. The topological polar surface area (TPSA) is 85.9 Å². The van der Waals surface area contributed by atoms with Crippen LogP contribution in [0.4, 0.5) is 32.0 Å². The van der Waals surface area contributed by atoms with Gasteiger partial charge in [0, 0.05) is 75.9 Å². The number of carbonyl (C=O) groups is 3. The van der Waals surface area contributed by atoms with Gasteiger partial charge in [0.05, 0.1) is 40.4 Å². The summed E-state index contributed by atoms with van der Waals surface area (Å²) in [7, 11) is 1.73. The van der Waals surface area contributed by atoms with Crippen LogP contribution in [0, 0.1) is 0 Å².